The molecule has 11 heteroatoms. The summed E-state index contributed by atoms with van der Waals surface area (Å²) < 4.78 is 31.8. The lowest BCUT2D eigenvalue weighted by Crippen LogP contribution is -2.34. The highest BCUT2D eigenvalue weighted by atomic mass is 32.2. The predicted octanol–water partition coefficient (Wildman–Crippen LogP) is 2.31. The quantitative estimate of drug-likeness (QED) is 0.494. The molecule has 1 heterocycles. The molecule has 2 rings (SSSR count). The van der Waals surface area contributed by atoms with Crippen LogP contribution in [0.25, 0.3) is 0 Å². The van der Waals surface area contributed by atoms with Crippen molar-refractivity contribution in [3.05, 3.63) is 24.3 Å². The van der Waals surface area contributed by atoms with E-state index in [4.69, 9.17) is 4.74 Å². The van der Waals surface area contributed by atoms with Gasteiger partial charge in [0.25, 0.3) is 0 Å². The average Bonchev–Trinajstić information content (AvgIpc) is 3.06. The number of nitrogens with zero attached hydrogens (tertiary/aromatic N) is 3. The summed E-state index contributed by atoms with van der Waals surface area (Å²) in [5.74, 6) is 0.996. The second kappa shape index (κ2) is 9.31. The fraction of sp³-hybridized carbons (Fsp3) is 0.400. The van der Waals surface area contributed by atoms with Crippen LogP contribution in [0.5, 0.6) is 5.75 Å². The molecule has 0 saturated heterocycles. The van der Waals surface area contributed by atoms with Gasteiger partial charge in [0.05, 0.1) is 18.6 Å². The normalized spacial score (nSPS) is 11.5. The summed E-state index contributed by atoms with van der Waals surface area (Å²) in [6.45, 7) is 1.74. The molecule has 8 nitrogen and oxygen atoms in total. The van der Waals surface area contributed by atoms with Crippen molar-refractivity contribution in [3.63, 3.8) is 0 Å². The Morgan fingerprint density at radius 3 is 2.62 bits per heavy atom. The Balaban J connectivity index is 1.97. The smallest absolute Gasteiger partial charge is 0.243 e. The lowest BCUT2D eigenvalue weighted by molar-refractivity contribution is -0.116. The van der Waals surface area contributed by atoms with Crippen LogP contribution in [-0.4, -0.2) is 55.3 Å². The van der Waals surface area contributed by atoms with Crippen molar-refractivity contribution in [1.82, 2.24) is 14.5 Å². The van der Waals surface area contributed by atoms with Gasteiger partial charge < -0.3 is 4.74 Å². The van der Waals surface area contributed by atoms with E-state index < -0.39 is 15.9 Å². The number of carbonyl (C=O) groups excluding carboxylic acids is 1. The first kappa shape index (κ1) is 20.6. The molecular weight excluding hydrogens is 396 g/mol. The van der Waals surface area contributed by atoms with E-state index in [2.05, 4.69) is 22.4 Å². The standard InChI is InChI=1S/C15H20N4O4S3/c1-4-9-24-15-18-17-14(25-15)16-13(20)10-19(2)26(21,22)12-7-5-11(23-3)6-8-12/h5-8H,4,9-10H2,1-3H3,(H,16,17,20). The first-order valence-electron chi connectivity index (χ1n) is 7.73. The third kappa shape index (κ3) is 5.40. The number of nitrogens with one attached hydrogen (secondary N) is 1. The Morgan fingerprint density at radius 1 is 1.31 bits per heavy atom. The molecule has 0 aliphatic rings. The van der Waals surface area contributed by atoms with Gasteiger partial charge in [0.1, 0.15) is 5.75 Å². The Labute approximate surface area is 161 Å². The lowest BCUT2D eigenvalue weighted by atomic mass is 10.3. The fourth-order valence-electron chi connectivity index (χ4n) is 1.88. The Bertz CT molecular complexity index is 837. The topological polar surface area (TPSA) is 101 Å². The van der Waals surface area contributed by atoms with Crippen LogP contribution in [0, 0.1) is 0 Å². The molecule has 1 aromatic heterocycles. The molecule has 1 amide bonds. The van der Waals surface area contributed by atoms with E-state index in [0.29, 0.717) is 10.9 Å². The largest absolute Gasteiger partial charge is 0.497 e. The van der Waals surface area contributed by atoms with Crippen molar-refractivity contribution in [1.29, 1.82) is 0 Å². The number of aromatic nitrogens is 2. The van der Waals surface area contributed by atoms with Crippen LogP contribution in [0.1, 0.15) is 13.3 Å². The SMILES string of the molecule is CCCSc1nnc(NC(=O)CN(C)S(=O)(=O)c2ccc(OC)cc2)s1. The number of thioether (sulfide) groups is 1. The van der Waals surface area contributed by atoms with Gasteiger partial charge in [-0.3, -0.25) is 10.1 Å². The second-order valence-corrected chi connectivity index (χ2v) is 9.57. The molecule has 26 heavy (non-hydrogen) atoms. The van der Waals surface area contributed by atoms with Gasteiger partial charge in [-0.2, -0.15) is 4.31 Å². The minimum atomic E-state index is -3.78. The number of methoxy groups -OCH3 is 1. The number of hydrogen-bond donors (Lipinski definition) is 1. The molecule has 2 aromatic rings. The van der Waals surface area contributed by atoms with Crippen LogP contribution >= 0.6 is 23.1 Å². The predicted molar refractivity (Wildman–Crippen MR) is 102 cm³/mol. The number of carbonyl (C=O) groups is 1. The second-order valence-electron chi connectivity index (χ2n) is 5.21. The zero-order valence-corrected chi connectivity index (χ0v) is 17.1. The van der Waals surface area contributed by atoms with E-state index in [1.807, 2.05) is 0 Å². The minimum Gasteiger partial charge on any atom is -0.497 e. The highest BCUT2D eigenvalue weighted by Crippen LogP contribution is 2.26. The molecule has 0 unspecified atom stereocenters. The highest BCUT2D eigenvalue weighted by Gasteiger charge is 2.23. The molecule has 0 bridgehead atoms. The van der Waals surface area contributed by atoms with Gasteiger partial charge in [-0.15, -0.1) is 10.2 Å². The molecule has 1 aromatic carbocycles. The Hall–Kier alpha value is -1.69. The highest BCUT2D eigenvalue weighted by molar-refractivity contribution is 8.01. The van der Waals surface area contributed by atoms with Gasteiger partial charge in [0.15, 0.2) is 4.34 Å². The number of amides is 1. The lowest BCUT2D eigenvalue weighted by Gasteiger charge is -2.16. The summed E-state index contributed by atoms with van der Waals surface area (Å²) in [7, 11) is -0.929. The minimum absolute atomic E-state index is 0.0859. The number of sulfonamides is 1. The molecule has 0 fully saturated rings. The van der Waals surface area contributed by atoms with Crippen molar-refractivity contribution in [3.8, 4) is 5.75 Å². The summed E-state index contributed by atoms with van der Waals surface area (Å²) in [6.07, 6.45) is 1.01. The van der Waals surface area contributed by atoms with Crippen molar-refractivity contribution >= 4 is 44.2 Å². The van der Waals surface area contributed by atoms with Crippen LogP contribution in [0.15, 0.2) is 33.5 Å². The van der Waals surface area contributed by atoms with Gasteiger partial charge >= 0.3 is 0 Å². The number of benzene rings is 1. The Morgan fingerprint density at radius 2 is 2.00 bits per heavy atom. The van der Waals surface area contributed by atoms with E-state index in [1.165, 1.54) is 37.6 Å². The van der Waals surface area contributed by atoms with Crippen molar-refractivity contribution in [2.75, 3.05) is 31.8 Å². The molecule has 0 aliphatic heterocycles. The number of hydrogen-bond acceptors (Lipinski definition) is 8. The Kier molecular flexibility index (Phi) is 7.38. The van der Waals surface area contributed by atoms with Gasteiger partial charge in [-0.25, -0.2) is 8.42 Å². The summed E-state index contributed by atoms with van der Waals surface area (Å²) in [6, 6.07) is 5.98. The van der Waals surface area contributed by atoms with Crippen LogP contribution in [-0.2, 0) is 14.8 Å². The maximum Gasteiger partial charge on any atom is 0.243 e. The molecule has 142 valence electrons. The van der Waals surface area contributed by atoms with Crippen LogP contribution in [0.4, 0.5) is 5.13 Å². The summed E-state index contributed by atoms with van der Waals surface area (Å²) in [5.41, 5.74) is 0. The summed E-state index contributed by atoms with van der Waals surface area (Å²) in [5, 5.41) is 10.8. The van der Waals surface area contributed by atoms with Gasteiger partial charge in [-0.05, 0) is 30.7 Å². The van der Waals surface area contributed by atoms with Gasteiger partial charge in [0.2, 0.25) is 21.1 Å². The molecule has 0 spiro atoms. The monoisotopic (exact) mass is 416 g/mol. The number of anilines is 1. The van der Waals surface area contributed by atoms with E-state index in [-0.39, 0.29) is 11.4 Å². The zero-order valence-electron chi connectivity index (χ0n) is 14.6. The average molecular weight is 417 g/mol. The molecule has 0 radical (unpaired) electrons. The zero-order chi connectivity index (χ0) is 19.2. The van der Waals surface area contributed by atoms with Crippen LogP contribution in [0.2, 0.25) is 0 Å². The fourth-order valence-corrected chi connectivity index (χ4v) is 4.70. The van der Waals surface area contributed by atoms with E-state index in [0.717, 1.165) is 20.8 Å². The van der Waals surface area contributed by atoms with E-state index in [1.54, 1.807) is 23.9 Å². The first-order valence-corrected chi connectivity index (χ1v) is 11.0. The van der Waals surface area contributed by atoms with Gasteiger partial charge in [-0.1, -0.05) is 30.0 Å². The van der Waals surface area contributed by atoms with Crippen LogP contribution in [0.3, 0.4) is 0 Å². The van der Waals surface area contributed by atoms with E-state index >= 15 is 0 Å². The maximum atomic E-state index is 12.5. The third-order valence-corrected chi connectivity index (χ3v) is 7.21. The molecule has 0 saturated carbocycles. The van der Waals surface area contributed by atoms with Crippen molar-refractivity contribution < 1.29 is 17.9 Å². The number of ether oxygens (including phenoxy) is 1. The third-order valence-electron chi connectivity index (χ3n) is 3.22. The van der Waals surface area contributed by atoms with Crippen LogP contribution < -0.4 is 10.1 Å². The molecule has 0 aliphatic carbocycles. The van der Waals surface area contributed by atoms with E-state index in [9.17, 15) is 13.2 Å². The molecule has 0 atom stereocenters. The van der Waals surface area contributed by atoms with Gasteiger partial charge in [0, 0.05) is 12.8 Å². The number of rotatable bonds is 9. The molecule has 1 N–H and O–H groups in total. The summed E-state index contributed by atoms with van der Waals surface area (Å²) in [4.78, 5) is 12.2. The molecular formula is C15H20N4O4S3. The maximum absolute atomic E-state index is 12.5. The van der Waals surface area contributed by atoms with Crippen molar-refractivity contribution in [2.45, 2.75) is 22.6 Å². The number of likely N-dealkylation sites (N-methyl/N-ethyl adjacent to an activating group) is 1. The first-order chi connectivity index (χ1) is 12.4. The van der Waals surface area contributed by atoms with Crippen molar-refractivity contribution in [2.24, 2.45) is 0 Å². The summed E-state index contributed by atoms with van der Waals surface area (Å²) >= 11 is 2.83.